The summed E-state index contributed by atoms with van der Waals surface area (Å²) in [7, 11) is 1.40. The first kappa shape index (κ1) is 8.67. The molecule has 0 aliphatic carbocycles. The predicted octanol–water partition coefficient (Wildman–Crippen LogP) is 2.12. The van der Waals surface area contributed by atoms with Crippen molar-refractivity contribution in [1.82, 2.24) is 5.32 Å². The summed E-state index contributed by atoms with van der Waals surface area (Å²) < 4.78 is 5.19. The van der Waals surface area contributed by atoms with Crippen LogP contribution in [-0.4, -0.2) is 13.2 Å². The molecule has 0 saturated carbocycles. The summed E-state index contributed by atoms with van der Waals surface area (Å²) in [6.45, 7) is 5.69. The molecule has 1 aliphatic rings. The van der Waals surface area contributed by atoms with Crippen molar-refractivity contribution in [2.45, 2.75) is 6.42 Å². The minimum atomic E-state index is 0.634. The molecule has 1 saturated heterocycles. The van der Waals surface area contributed by atoms with E-state index in [1.807, 2.05) is 0 Å². The van der Waals surface area contributed by atoms with Crippen LogP contribution in [0.25, 0.3) is 0 Å². The van der Waals surface area contributed by atoms with Crippen molar-refractivity contribution >= 4 is 30.4 Å². The fourth-order valence-corrected chi connectivity index (χ4v) is 1.71. The van der Waals surface area contributed by atoms with Gasteiger partial charge in [0.25, 0.3) is 0 Å². The van der Waals surface area contributed by atoms with E-state index in [4.69, 9.17) is 4.18 Å². The van der Waals surface area contributed by atoms with Crippen LogP contribution in [0.4, 0.5) is 0 Å². The van der Waals surface area contributed by atoms with Crippen molar-refractivity contribution in [2.24, 2.45) is 5.92 Å². The fraction of sp³-hybridized carbons (Fsp3) is 0.667. The Balaban J connectivity index is 2.12. The number of hydrogen-bond acceptors (Lipinski definition) is 3. The summed E-state index contributed by atoms with van der Waals surface area (Å²) in [6, 6.07) is 0. The van der Waals surface area contributed by atoms with Crippen molar-refractivity contribution in [3.63, 3.8) is 0 Å². The van der Waals surface area contributed by atoms with Gasteiger partial charge in [-0.25, -0.2) is 0 Å². The highest BCUT2D eigenvalue weighted by atomic mass is 127. The second-order valence-corrected chi connectivity index (χ2v) is 3.84. The van der Waals surface area contributed by atoms with Crippen LogP contribution in [0.3, 0.4) is 0 Å². The monoisotopic (exact) mass is 271 g/mol. The van der Waals surface area contributed by atoms with E-state index in [2.05, 4.69) is 33.1 Å². The van der Waals surface area contributed by atoms with E-state index in [1.54, 1.807) is 0 Å². The molecule has 0 radical (unpaired) electrons. The Hall–Kier alpha value is 0.580. The zero-order chi connectivity index (χ0) is 7.40. The van der Waals surface area contributed by atoms with Crippen LogP contribution in [0.2, 0.25) is 0 Å². The summed E-state index contributed by atoms with van der Waals surface area (Å²) in [5, 5.41) is 3.19. The van der Waals surface area contributed by atoms with Crippen LogP contribution in [-0.2, 0) is 4.18 Å². The number of allylic oxidation sites excluding steroid dienone is 1. The average Bonchev–Trinajstić information content (AvgIpc) is 2.31. The van der Waals surface area contributed by atoms with Gasteiger partial charge in [-0.3, -0.25) is 0 Å². The van der Waals surface area contributed by atoms with Crippen LogP contribution in [0, 0.1) is 5.92 Å². The summed E-state index contributed by atoms with van der Waals surface area (Å²) in [5.41, 5.74) is 1.15. The molecule has 0 bridgehead atoms. The number of rotatable bonds is 3. The molecule has 10 heavy (non-hydrogen) atoms. The maximum absolute atomic E-state index is 5.19. The lowest BCUT2D eigenvalue weighted by atomic mass is 10.1. The molecule has 4 heteroatoms. The summed E-state index contributed by atoms with van der Waals surface area (Å²) in [6.07, 6.45) is 1.07. The van der Waals surface area contributed by atoms with Crippen LogP contribution < -0.4 is 5.32 Å². The topological polar surface area (TPSA) is 21.3 Å². The smallest absolute Gasteiger partial charge is 0.0672 e. The van der Waals surface area contributed by atoms with Crippen molar-refractivity contribution in [2.75, 3.05) is 13.2 Å². The van der Waals surface area contributed by atoms with Crippen LogP contribution >= 0.6 is 30.4 Å². The van der Waals surface area contributed by atoms with Crippen molar-refractivity contribution < 1.29 is 4.18 Å². The third-order valence-corrected chi connectivity index (χ3v) is 2.51. The molecule has 0 amide bonds. The van der Waals surface area contributed by atoms with Crippen LogP contribution in [0.5, 0.6) is 0 Å². The zero-order valence-corrected chi connectivity index (χ0v) is 8.57. The van der Waals surface area contributed by atoms with Gasteiger partial charge < -0.3 is 9.50 Å². The molecule has 1 unspecified atom stereocenters. The van der Waals surface area contributed by atoms with Gasteiger partial charge in [0.2, 0.25) is 0 Å². The zero-order valence-electron chi connectivity index (χ0n) is 5.60. The average molecular weight is 271 g/mol. The molecule has 1 heterocycles. The molecule has 1 N–H and O–H groups in total. The molecule has 1 fully saturated rings. The van der Waals surface area contributed by atoms with E-state index in [9.17, 15) is 0 Å². The van der Waals surface area contributed by atoms with Gasteiger partial charge in [-0.2, -0.15) is 0 Å². The molecule has 0 spiro atoms. The largest absolute Gasteiger partial charge is 0.388 e. The highest BCUT2D eigenvalue weighted by Crippen LogP contribution is 2.20. The summed E-state index contributed by atoms with van der Waals surface area (Å²) >= 11 is 2.13. The Bertz CT molecular complexity index is 131. The molecular weight excluding hydrogens is 261 g/mol. The molecule has 1 rings (SSSR count). The second-order valence-electron chi connectivity index (χ2n) is 2.40. The lowest BCUT2D eigenvalue weighted by Crippen LogP contribution is -2.11. The number of hydrogen-bond donors (Lipinski definition) is 1. The van der Waals surface area contributed by atoms with E-state index in [0.29, 0.717) is 5.92 Å². The van der Waals surface area contributed by atoms with E-state index >= 15 is 0 Å². The van der Waals surface area contributed by atoms with Gasteiger partial charge in [-0.1, -0.05) is 6.58 Å². The highest BCUT2D eigenvalue weighted by Gasteiger charge is 2.16. The Morgan fingerprint density at radius 2 is 2.70 bits per heavy atom. The summed E-state index contributed by atoms with van der Waals surface area (Å²) in [5.74, 6) is 0.634. The van der Waals surface area contributed by atoms with Gasteiger partial charge in [0.1, 0.15) is 0 Å². The molecule has 0 aromatic heterocycles. The Morgan fingerprint density at radius 3 is 3.20 bits per heavy atom. The normalized spacial score (nSPS) is 24.9. The third-order valence-electron chi connectivity index (χ3n) is 1.52. The highest BCUT2D eigenvalue weighted by molar-refractivity contribution is 14.2. The van der Waals surface area contributed by atoms with E-state index in [0.717, 1.165) is 25.3 Å². The van der Waals surface area contributed by atoms with Crippen molar-refractivity contribution in [3.8, 4) is 0 Å². The quantitative estimate of drug-likeness (QED) is 0.627. The van der Waals surface area contributed by atoms with E-state index in [-0.39, 0.29) is 0 Å². The maximum atomic E-state index is 5.19. The molecular formula is C6H10INOS. The maximum Gasteiger partial charge on any atom is 0.0672 e. The first-order chi connectivity index (χ1) is 4.83. The van der Waals surface area contributed by atoms with Crippen molar-refractivity contribution in [1.29, 1.82) is 0 Å². The van der Waals surface area contributed by atoms with Crippen LogP contribution in [0.1, 0.15) is 6.42 Å². The summed E-state index contributed by atoms with van der Waals surface area (Å²) in [4.78, 5) is 0. The second kappa shape index (κ2) is 4.46. The lowest BCUT2D eigenvalue weighted by Gasteiger charge is -2.03. The fourth-order valence-electron chi connectivity index (χ4n) is 1.02. The first-order valence-electron chi connectivity index (χ1n) is 3.15. The Morgan fingerprint density at radius 1 is 1.90 bits per heavy atom. The minimum Gasteiger partial charge on any atom is -0.388 e. The molecule has 2 nitrogen and oxygen atoms in total. The minimum absolute atomic E-state index is 0.634. The standard InChI is InChI=1S/C6H10INOS/c1-5-2-6(3-8-5)4-9-10-7/h6,8H,1-4H2. The Kier molecular flexibility index (Phi) is 3.87. The van der Waals surface area contributed by atoms with Crippen LogP contribution in [0.15, 0.2) is 12.3 Å². The van der Waals surface area contributed by atoms with Gasteiger partial charge in [0, 0.05) is 39.4 Å². The molecule has 0 aromatic rings. The van der Waals surface area contributed by atoms with Gasteiger partial charge in [-0.05, 0) is 6.42 Å². The molecule has 58 valence electrons. The number of halogens is 1. The SMILES string of the molecule is C=C1CC(COSI)CN1. The molecule has 0 aromatic carbocycles. The third kappa shape index (κ3) is 2.67. The van der Waals surface area contributed by atoms with Gasteiger partial charge in [0.15, 0.2) is 0 Å². The molecule has 1 atom stereocenters. The Labute approximate surface area is 77.6 Å². The van der Waals surface area contributed by atoms with Crippen molar-refractivity contribution in [3.05, 3.63) is 12.3 Å². The van der Waals surface area contributed by atoms with E-state index < -0.39 is 0 Å². The number of nitrogens with one attached hydrogen (secondary N) is 1. The first-order valence-corrected chi connectivity index (χ1v) is 6.43. The molecule has 1 aliphatic heterocycles. The predicted molar refractivity (Wildman–Crippen MR) is 52.8 cm³/mol. The lowest BCUT2D eigenvalue weighted by molar-refractivity contribution is 0.307. The van der Waals surface area contributed by atoms with Gasteiger partial charge >= 0.3 is 0 Å². The van der Waals surface area contributed by atoms with Gasteiger partial charge in [-0.15, -0.1) is 0 Å². The van der Waals surface area contributed by atoms with Gasteiger partial charge in [0.05, 0.1) is 15.8 Å². The van der Waals surface area contributed by atoms with E-state index in [1.165, 1.54) is 9.21 Å².